The molecule has 0 radical (unpaired) electrons. The molecule has 4 heteroatoms. The molecule has 2 aromatic rings. The number of imidazole rings is 1. The molecule has 4 rings (SSSR count). The number of benzene rings is 1. The molecule has 1 aromatic heterocycles. The maximum Gasteiger partial charge on any atom is 0.125 e. The second kappa shape index (κ2) is 4.55. The molecule has 2 fully saturated rings. The summed E-state index contributed by atoms with van der Waals surface area (Å²) in [7, 11) is 0. The quantitative estimate of drug-likeness (QED) is 0.932. The Kier molecular flexibility index (Phi) is 2.81. The smallest absolute Gasteiger partial charge is 0.125 e. The van der Waals surface area contributed by atoms with Crippen molar-refractivity contribution in [2.75, 3.05) is 6.54 Å². The molecule has 0 saturated heterocycles. The molecule has 20 heavy (non-hydrogen) atoms. The van der Waals surface area contributed by atoms with Gasteiger partial charge >= 0.3 is 0 Å². The van der Waals surface area contributed by atoms with Crippen molar-refractivity contribution in [3.05, 3.63) is 29.8 Å². The van der Waals surface area contributed by atoms with E-state index in [0.29, 0.717) is 17.9 Å². The average molecular weight is 273 g/mol. The van der Waals surface area contributed by atoms with Gasteiger partial charge < -0.3 is 10.3 Å². The molecule has 2 atom stereocenters. The van der Waals surface area contributed by atoms with E-state index in [1.807, 2.05) is 0 Å². The highest BCUT2D eigenvalue weighted by Crippen LogP contribution is 2.45. The van der Waals surface area contributed by atoms with Crippen molar-refractivity contribution in [2.24, 2.45) is 11.7 Å². The SMILES string of the molecule is NCC1CCCC1c1nc2ccc(F)cc2n1C1CC1. The zero-order chi connectivity index (χ0) is 13.7. The molecule has 0 amide bonds. The van der Waals surface area contributed by atoms with Crippen LogP contribution in [-0.4, -0.2) is 16.1 Å². The summed E-state index contributed by atoms with van der Waals surface area (Å²) in [5, 5.41) is 0. The Bertz CT molecular complexity index is 644. The van der Waals surface area contributed by atoms with Crippen LogP contribution >= 0.6 is 0 Å². The van der Waals surface area contributed by atoms with Crippen LogP contribution in [0, 0.1) is 11.7 Å². The Morgan fingerprint density at radius 1 is 1.25 bits per heavy atom. The van der Waals surface area contributed by atoms with Gasteiger partial charge in [-0.1, -0.05) is 6.42 Å². The van der Waals surface area contributed by atoms with E-state index in [2.05, 4.69) is 4.57 Å². The van der Waals surface area contributed by atoms with Gasteiger partial charge in [0.1, 0.15) is 11.6 Å². The molecule has 1 aromatic carbocycles. The number of hydrogen-bond donors (Lipinski definition) is 1. The number of fused-ring (bicyclic) bond motifs is 1. The lowest BCUT2D eigenvalue weighted by Crippen LogP contribution is -2.20. The first-order valence-electron chi connectivity index (χ1n) is 7.65. The van der Waals surface area contributed by atoms with Gasteiger partial charge in [0.2, 0.25) is 0 Å². The van der Waals surface area contributed by atoms with E-state index in [1.54, 1.807) is 12.1 Å². The van der Waals surface area contributed by atoms with Crippen molar-refractivity contribution >= 4 is 11.0 Å². The van der Waals surface area contributed by atoms with Gasteiger partial charge in [0.05, 0.1) is 11.0 Å². The lowest BCUT2D eigenvalue weighted by atomic mass is 9.95. The van der Waals surface area contributed by atoms with Crippen LogP contribution in [0.4, 0.5) is 4.39 Å². The van der Waals surface area contributed by atoms with Crippen molar-refractivity contribution in [3.63, 3.8) is 0 Å². The second-order valence-corrected chi connectivity index (χ2v) is 6.24. The monoisotopic (exact) mass is 273 g/mol. The zero-order valence-electron chi connectivity index (χ0n) is 11.6. The van der Waals surface area contributed by atoms with Crippen LogP contribution in [0.5, 0.6) is 0 Å². The van der Waals surface area contributed by atoms with Crippen LogP contribution in [0.3, 0.4) is 0 Å². The molecule has 2 N–H and O–H groups in total. The molecule has 2 aliphatic rings. The third kappa shape index (κ3) is 1.85. The van der Waals surface area contributed by atoms with Crippen molar-refractivity contribution in [3.8, 4) is 0 Å². The number of rotatable bonds is 3. The Labute approximate surface area is 118 Å². The second-order valence-electron chi connectivity index (χ2n) is 6.24. The van der Waals surface area contributed by atoms with Crippen LogP contribution < -0.4 is 5.73 Å². The molecule has 106 valence electrons. The van der Waals surface area contributed by atoms with E-state index >= 15 is 0 Å². The highest BCUT2D eigenvalue weighted by molar-refractivity contribution is 5.76. The molecule has 2 aliphatic carbocycles. The third-order valence-corrected chi connectivity index (χ3v) is 4.88. The molecule has 0 spiro atoms. The fourth-order valence-corrected chi connectivity index (χ4v) is 3.72. The number of aromatic nitrogens is 2. The Hall–Kier alpha value is -1.42. The molecule has 0 aliphatic heterocycles. The van der Waals surface area contributed by atoms with Crippen molar-refractivity contribution in [2.45, 2.75) is 44.1 Å². The molecular weight excluding hydrogens is 253 g/mol. The predicted octanol–water partition coefficient (Wildman–Crippen LogP) is 3.35. The summed E-state index contributed by atoms with van der Waals surface area (Å²) in [6.07, 6.45) is 5.97. The lowest BCUT2D eigenvalue weighted by Gasteiger charge is -2.19. The summed E-state index contributed by atoms with van der Waals surface area (Å²) >= 11 is 0. The van der Waals surface area contributed by atoms with Crippen LogP contribution in [-0.2, 0) is 0 Å². The summed E-state index contributed by atoms with van der Waals surface area (Å²) in [5.41, 5.74) is 7.81. The van der Waals surface area contributed by atoms with Crippen molar-refractivity contribution in [1.29, 1.82) is 0 Å². The average Bonchev–Trinajstić information content (AvgIpc) is 3.05. The van der Waals surface area contributed by atoms with Crippen LogP contribution in [0.15, 0.2) is 18.2 Å². The van der Waals surface area contributed by atoms with Gasteiger partial charge in [-0.25, -0.2) is 9.37 Å². The van der Waals surface area contributed by atoms with Gasteiger partial charge in [0.25, 0.3) is 0 Å². The first kappa shape index (κ1) is 12.3. The maximum absolute atomic E-state index is 13.6. The van der Waals surface area contributed by atoms with Gasteiger partial charge in [-0.3, -0.25) is 0 Å². The van der Waals surface area contributed by atoms with Crippen LogP contribution in [0.2, 0.25) is 0 Å². The number of nitrogens with zero attached hydrogens (tertiary/aromatic N) is 2. The topological polar surface area (TPSA) is 43.8 Å². The largest absolute Gasteiger partial charge is 0.330 e. The summed E-state index contributed by atoms with van der Waals surface area (Å²) in [4.78, 5) is 4.84. The number of nitrogens with two attached hydrogens (primary N) is 1. The maximum atomic E-state index is 13.6. The minimum Gasteiger partial charge on any atom is -0.330 e. The van der Waals surface area contributed by atoms with Crippen molar-refractivity contribution < 1.29 is 4.39 Å². The molecule has 3 nitrogen and oxygen atoms in total. The lowest BCUT2D eigenvalue weighted by molar-refractivity contribution is 0.461. The summed E-state index contributed by atoms with van der Waals surface area (Å²) in [6, 6.07) is 5.47. The number of hydrogen-bond acceptors (Lipinski definition) is 2. The first-order chi connectivity index (χ1) is 9.78. The molecule has 0 bridgehead atoms. The molecule has 2 unspecified atom stereocenters. The predicted molar refractivity (Wildman–Crippen MR) is 77.1 cm³/mol. The standard InChI is InChI=1S/C16H20FN3/c17-11-4-7-14-15(8-11)20(12-5-6-12)16(19-14)13-3-1-2-10(13)9-18/h4,7-8,10,12-13H,1-3,5-6,9,18H2. The van der Waals surface area contributed by atoms with E-state index in [4.69, 9.17) is 10.7 Å². The Morgan fingerprint density at radius 2 is 2.10 bits per heavy atom. The zero-order valence-corrected chi connectivity index (χ0v) is 11.6. The molecular formula is C16H20FN3. The highest BCUT2D eigenvalue weighted by Gasteiger charge is 2.35. The van der Waals surface area contributed by atoms with E-state index in [9.17, 15) is 4.39 Å². The highest BCUT2D eigenvalue weighted by atomic mass is 19.1. The summed E-state index contributed by atoms with van der Waals surface area (Å²) in [5.74, 6) is 1.97. The van der Waals surface area contributed by atoms with Gasteiger partial charge in [-0.05, 0) is 56.3 Å². The molecule has 1 heterocycles. The summed E-state index contributed by atoms with van der Waals surface area (Å²) in [6.45, 7) is 0.729. The fourth-order valence-electron chi connectivity index (χ4n) is 3.72. The van der Waals surface area contributed by atoms with E-state index in [-0.39, 0.29) is 5.82 Å². The van der Waals surface area contributed by atoms with Gasteiger partial charge in [-0.2, -0.15) is 0 Å². The van der Waals surface area contributed by atoms with E-state index < -0.39 is 0 Å². The Morgan fingerprint density at radius 3 is 2.85 bits per heavy atom. The third-order valence-electron chi connectivity index (χ3n) is 4.88. The van der Waals surface area contributed by atoms with Gasteiger partial charge in [-0.15, -0.1) is 0 Å². The fraction of sp³-hybridized carbons (Fsp3) is 0.562. The molecule has 2 saturated carbocycles. The normalized spacial score (nSPS) is 26.5. The minimum absolute atomic E-state index is 0.173. The van der Waals surface area contributed by atoms with Crippen LogP contribution in [0.1, 0.15) is 49.9 Å². The Balaban J connectivity index is 1.87. The van der Waals surface area contributed by atoms with E-state index in [1.165, 1.54) is 38.2 Å². The van der Waals surface area contributed by atoms with E-state index in [0.717, 1.165) is 23.4 Å². The van der Waals surface area contributed by atoms with Crippen LogP contribution in [0.25, 0.3) is 11.0 Å². The first-order valence-corrected chi connectivity index (χ1v) is 7.65. The minimum atomic E-state index is -0.173. The van der Waals surface area contributed by atoms with Gasteiger partial charge in [0.15, 0.2) is 0 Å². The van der Waals surface area contributed by atoms with Gasteiger partial charge in [0, 0.05) is 12.0 Å². The number of halogens is 1. The summed E-state index contributed by atoms with van der Waals surface area (Å²) < 4.78 is 15.9. The van der Waals surface area contributed by atoms with Crippen molar-refractivity contribution in [1.82, 2.24) is 9.55 Å².